The number of amides is 1. The zero-order valence-electron chi connectivity index (χ0n) is 14.7. The predicted molar refractivity (Wildman–Crippen MR) is 96.7 cm³/mol. The van der Waals surface area contributed by atoms with Crippen LogP contribution < -0.4 is 10.9 Å². The van der Waals surface area contributed by atoms with E-state index < -0.39 is 11.4 Å². The van der Waals surface area contributed by atoms with Crippen molar-refractivity contribution in [3.05, 3.63) is 69.6 Å². The standard InChI is InChI=1S/C20H24N2O3/c1-14-5-3-6-15(11-14)12-22-10-4-7-17(19(22)25)18(24)21-20(2,13-23)16-8-9-16/h3-7,10-11,16,23H,8-9,12-13H2,1-2H3,(H,21,24). The van der Waals surface area contributed by atoms with Crippen LogP contribution in [0.15, 0.2) is 47.4 Å². The van der Waals surface area contributed by atoms with Crippen LogP contribution in [0.5, 0.6) is 0 Å². The number of benzene rings is 1. The fraction of sp³-hybridized carbons (Fsp3) is 0.400. The molecule has 1 aromatic heterocycles. The summed E-state index contributed by atoms with van der Waals surface area (Å²) in [7, 11) is 0. The van der Waals surface area contributed by atoms with E-state index in [2.05, 4.69) is 5.32 Å². The highest BCUT2D eigenvalue weighted by atomic mass is 16.3. The number of nitrogens with zero attached hydrogens (tertiary/aromatic N) is 1. The van der Waals surface area contributed by atoms with E-state index in [-0.39, 0.29) is 23.6 Å². The van der Waals surface area contributed by atoms with E-state index in [1.165, 1.54) is 10.6 Å². The Morgan fingerprint density at radius 2 is 2.08 bits per heavy atom. The summed E-state index contributed by atoms with van der Waals surface area (Å²) >= 11 is 0. The van der Waals surface area contributed by atoms with E-state index in [1.54, 1.807) is 12.3 Å². The number of hydrogen-bond donors (Lipinski definition) is 2. The molecule has 1 fully saturated rings. The molecule has 2 aromatic rings. The number of carbonyl (C=O) groups excluding carboxylic acids is 1. The Labute approximate surface area is 147 Å². The third kappa shape index (κ3) is 3.82. The Balaban J connectivity index is 1.83. The molecule has 1 heterocycles. The SMILES string of the molecule is Cc1cccc(Cn2cccc(C(=O)NC(C)(CO)C3CC3)c2=O)c1. The van der Waals surface area contributed by atoms with Crippen molar-refractivity contribution in [2.45, 2.75) is 38.8 Å². The molecule has 1 amide bonds. The lowest BCUT2D eigenvalue weighted by atomic mass is 9.96. The molecule has 132 valence electrons. The van der Waals surface area contributed by atoms with Crippen molar-refractivity contribution in [1.82, 2.24) is 9.88 Å². The second kappa shape index (κ2) is 6.84. The van der Waals surface area contributed by atoms with Gasteiger partial charge in [0.1, 0.15) is 5.56 Å². The summed E-state index contributed by atoms with van der Waals surface area (Å²) < 4.78 is 1.54. The van der Waals surface area contributed by atoms with Gasteiger partial charge in [-0.2, -0.15) is 0 Å². The largest absolute Gasteiger partial charge is 0.394 e. The Kier molecular flexibility index (Phi) is 4.77. The Bertz CT molecular complexity index is 839. The van der Waals surface area contributed by atoms with Crippen LogP contribution in [0.3, 0.4) is 0 Å². The number of aliphatic hydroxyl groups excluding tert-OH is 1. The molecule has 1 aromatic carbocycles. The number of aromatic nitrogens is 1. The number of carbonyl (C=O) groups is 1. The molecule has 0 radical (unpaired) electrons. The summed E-state index contributed by atoms with van der Waals surface area (Å²) in [6, 6.07) is 11.2. The number of aliphatic hydroxyl groups is 1. The van der Waals surface area contributed by atoms with Crippen LogP contribution in [0.2, 0.25) is 0 Å². The van der Waals surface area contributed by atoms with Crippen LogP contribution in [-0.2, 0) is 6.54 Å². The van der Waals surface area contributed by atoms with E-state index in [0.29, 0.717) is 6.54 Å². The third-order valence-electron chi connectivity index (χ3n) is 4.91. The summed E-state index contributed by atoms with van der Waals surface area (Å²) in [5.41, 5.74) is 1.26. The molecule has 1 aliphatic carbocycles. The Morgan fingerprint density at radius 3 is 2.72 bits per heavy atom. The lowest BCUT2D eigenvalue weighted by molar-refractivity contribution is 0.0822. The van der Waals surface area contributed by atoms with Crippen molar-refractivity contribution in [2.24, 2.45) is 5.92 Å². The molecule has 3 rings (SSSR count). The number of aryl methyl sites for hydroxylation is 1. The van der Waals surface area contributed by atoms with Crippen molar-refractivity contribution >= 4 is 5.91 Å². The monoisotopic (exact) mass is 340 g/mol. The molecule has 1 aliphatic rings. The minimum Gasteiger partial charge on any atom is -0.394 e. The normalized spacial score (nSPS) is 16.3. The predicted octanol–water partition coefficient (Wildman–Crippen LogP) is 2.10. The Morgan fingerprint density at radius 1 is 1.32 bits per heavy atom. The smallest absolute Gasteiger partial charge is 0.263 e. The van der Waals surface area contributed by atoms with Gasteiger partial charge < -0.3 is 15.0 Å². The van der Waals surface area contributed by atoms with E-state index in [0.717, 1.165) is 24.0 Å². The van der Waals surface area contributed by atoms with Gasteiger partial charge in [-0.25, -0.2) is 0 Å². The van der Waals surface area contributed by atoms with E-state index >= 15 is 0 Å². The maximum Gasteiger partial charge on any atom is 0.263 e. The summed E-state index contributed by atoms with van der Waals surface area (Å²) in [6.45, 7) is 4.12. The molecule has 1 saturated carbocycles. The number of nitrogens with one attached hydrogen (secondary N) is 1. The van der Waals surface area contributed by atoms with Gasteiger partial charge in [0.05, 0.1) is 18.7 Å². The molecule has 5 heteroatoms. The molecule has 25 heavy (non-hydrogen) atoms. The lowest BCUT2D eigenvalue weighted by Crippen LogP contribution is -2.51. The maximum atomic E-state index is 12.7. The highest BCUT2D eigenvalue weighted by Crippen LogP contribution is 2.39. The average molecular weight is 340 g/mol. The van der Waals surface area contributed by atoms with Gasteiger partial charge in [0.15, 0.2) is 0 Å². The number of hydrogen-bond acceptors (Lipinski definition) is 3. The van der Waals surface area contributed by atoms with Crippen LogP contribution in [0.25, 0.3) is 0 Å². The van der Waals surface area contributed by atoms with Crippen molar-refractivity contribution < 1.29 is 9.90 Å². The van der Waals surface area contributed by atoms with Crippen LogP contribution in [-0.4, -0.2) is 27.7 Å². The Hall–Kier alpha value is -2.40. The number of rotatable bonds is 6. The first-order valence-corrected chi connectivity index (χ1v) is 8.61. The second-order valence-corrected chi connectivity index (χ2v) is 7.15. The van der Waals surface area contributed by atoms with Gasteiger partial charge >= 0.3 is 0 Å². The van der Waals surface area contributed by atoms with Crippen LogP contribution in [0.4, 0.5) is 0 Å². The molecular weight excluding hydrogens is 316 g/mol. The summed E-state index contributed by atoms with van der Waals surface area (Å²) in [5, 5.41) is 12.5. The molecule has 0 saturated heterocycles. The van der Waals surface area contributed by atoms with Crippen molar-refractivity contribution in [3.63, 3.8) is 0 Å². The van der Waals surface area contributed by atoms with Crippen molar-refractivity contribution in [1.29, 1.82) is 0 Å². The zero-order valence-corrected chi connectivity index (χ0v) is 14.7. The van der Waals surface area contributed by atoms with Gasteiger partial charge in [0.25, 0.3) is 11.5 Å². The topological polar surface area (TPSA) is 71.3 Å². The fourth-order valence-corrected chi connectivity index (χ4v) is 3.16. The van der Waals surface area contributed by atoms with Gasteiger partial charge in [-0.1, -0.05) is 29.8 Å². The molecule has 1 unspecified atom stereocenters. The fourth-order valence-electron chi connectivity index (χ4n) is 3.16. The molecular formula is C20H24N2O3. The van der Waals surface area contributed by atoms with Gasteiger partial charge in [-0.05, 0) is 50.3 Å². The van der Waals surface area contributed by atoms with E-state index in [4.69, 9.17) is 0 Å². The van der Waals surface area contributed by atoms with Crippen molar-refractivity contribution in [3.8, 4) is 0 Å². The lowest BCUT2D eigenvalue weighted by Gasteiger charge is -2.28. The first-order chi connectivity index (χ1) is 11.9. The quantitative estimate of drug-likeness (QED) is 0.846. The second-order valence-electron chi connectivity index (χ2n) is 7.15. The summed E-state index contributed by atoms with van der Waals surface area (Å²) in [4.78, 5) is 25.3. The third-order valence-corrected chi connectivity index (χ3v) is 4.91. The molecule has 0 bridgehead atoms. The molecule has 5 nitrogen and oxygen atoms in total. The van der Waals surface area contributed by atoms with Gasteiger partial charge in [0.2, 0.25) is 0 Å². The van der Waals surface area contributed by atoms with Crippen molar-refractivity contribution in [2.75, 3.05) is 6.61 Å². The first kappa shape index (κ1) is 17.4. The first-order valence-electron chi connectivity index (χ1n) is 8.61. The van der Waals surface area contributed by atoms with E-state index in [1.807, 2.05) is 38.1 Å². The van der Waals surface area contributed by atoms with Crippen LogP contribution in [0.1, 0.15) is 41.3 Å². The molecule has 1 atom stereocenters. The summed E-state index contributed by atoms with van der Waals surface area (Å²) in [5.74, 6) is -0.147. The zero-order chi connectivity index (χ0) is 18.0. The minimum absolute atomic E-state index is 0.107. The molecule has 0 aliphatic heterocycles. The highest BCUT2D eigenvalue weighted by Gasteiger charge is 2.42. The molecule has 2 N–H and O–H groups in total. The van der Waals surface area contributed by atoms with Crippen LogP contribution in [0, 0.1) is 12.8 Å². The summed E-state index contributed by atoms with van der Waals surface area (Å²) in [6.07, 6.45) is 3.67. The minimum atomic E-state index is -0.666. The highest BCUT2D eigenvalue weighted by molar-refractivity contribution is 5.94. The van der Waals surface area contributed by atoms with Crippen LogP contribution >= 0.6 is 0 Å². The number of pyridine rings is 1. The molecule has 0 spiro atoms. The van der Waals surface area contributed by atoms with Gasteiger partial charge in [-0.3, -0.25) is 9.59 Å². The average Bonchev–Trinajstić information content (AvgIpc) is 3.42. The van der Waals surface area contributed by atoms with Gasteiger partial charge in [0, 0.05) is 6.20 Å². The maximum absolute atomic E-state index is 12.7. The van der Waals surface area contributed by atoms with E-state index in [9.17, 15) is 14.7 Å². The van der Waals surface area contributed by atoms with Gasteiger partial charge in [-0.15, -0.1) is 0 Å².